The lowest BCUT2D eigenvalue weighted by molar-refractivity contribution is 0.0463. The van der Waals surface area contributed by atoms with Crippen molar-refractivity contribution in [3.05, 3.63) is 71.9 Å². The average Bonchev–Trinajstić information content (AvgIpc) is 3.16. The van der Waals surface area contributed by atoms with Crippen LogP contribution in [-0.2, 0) is 0 Å². The van der Waals surface area contributed by atoms with E-state index < -0.39 is 6.10 Å². The number of nitrogens with one attached hydrogen (secondary N) is 1. The van der Waals surface area contributed by atoms with Gasteiger partial charge in [0.1, 0.15) is 0 Å². The number of carbonyl (C=O) groups excluding carboxylic acids is 1. The first-order valence-corrected chi connectivity index (χ1v) is 8.82. The molecule has 128 valence electrons. The Hall–Kier alpha value is -2.59. The molecule has 1 atom stereocenters. The normalized spacial score (nSPS) is 16.9. The van der Waals surface area contributed by atoms with Crippen LogP contribution in [0.5, 0.6) is 0 Å². The van der Waals surface area contributed by atoms with Gasteiger partial charge in [-0.25, -0.2) is 0 Å². The largest absolute Gasteiger partial charge is 0.388 e. The molecule has 4 nitrogen and oxygen atoms in total. The summed E-state index contributed by atoms with van der Waals surface area (Å²) in [5.41, 5.74) is 2.59. The van der Waals surface area contributed by atoms with Gasteiger partial charge >= 0.3 is 0 Å². The van der Waals surface area contributed by atoms with E-state index in [1.165, 1.54) is 0 Å². The van der Waals surface area contributed by atoms with Crippen LogP contribution >= 0.6 is 0 Å². The molecule has 0 radical (unpaired) electrons. The molecule has 1 aliphatic heterocycles. The summed E-state index contributed by atoms with van der Waals surface area (Å²) in [6, 6.07) is 17.6. The van der Waals surface area contributed by atoms with E-state index in [1.54, 1.807) is 0 Å². The zero-order valence-corrected chi connectivity index (χ0v) is 14.1. The molecule has 1 aliphatic rings. The number of benzene rings is 2. The summed E-state index contributed by atoms with van der Waals surface area (Å²) in [6.07, 6.45) is 3.06. The summed E-state index contributed by atoms with van der Waals surface area (Å²) < 4.78 is 0. The summed E-state index contributed by atoms with van der Waals surface area (Å²) in [6.45, 7) is 1.37. The number of rotatable bonds is 3. The van der Waals surface area contributed by atoms with E-state index in [9.17, 15) is 9.90 Å². The molecule has 2 heterocycles. The molecule has 1 saturated heterocycles. The number of hydrogen-bond acceptors (Lipinski definition) is 2. The second-order valence-electron chi connectivity index (χ2n) is 6.73. The number of aliphatic hydroxyl groups excluding tert-OH is 1. The molecule has 1 fully saturated rings. The Morgan fingerprint density at radius 2 is 1.80 bits per heavy atom. The molecule has 2 aromatic carbocycles. The maximum atomic E-state index is 12.9. The average molecular weight is 334 g/mol. The predicted octanol–water partition coefficient (Wildman–Crippen LogP) is 3.75. The predicted molar refractivity (Wildman–Crippen MR) is 98.3 cm³/mol. The van der Waals surface area contributed by atoms with Crippen LogP contribution in [-0.4, -0.2) is 34.0 Å². The number of aliphatic hydroxyl groups is 1. The second kappa shape index (κ2) is 6.73. The highest BCUT2D eigenvalue weighted by atomic mass is 16.3. The van der Waals surface area contributed by atoms with E-state index in [1.807, 2.05) is 65.7 Å². The van der Waals surface area contributed by atoms with Gasteiger partial charge < -0.3 is 15.0 Å². The summed E-state index contributed by atoms with van der Waals surface area (Å²) in [4.78, 5) is 18.0. The van der Waals surface area contributed by atoms with Crippen LogP contribution in [0.1, 0.15) is 34.9 Å². The number of hydrogen-bond donors (Lipinski definition) is 2. The molecule has 4 rings (SSSR count). The monoisotopic (exact) mass is 334 g/mol. The number of fused-ring (bicyclic) bond motifs is 1. The highest BCUT2D eigenvalue weighted by Gasteiger charge is 2.29. The fraction of sp³-hybridized carbons (Fsp3) is 0.286. The minimum Gasteiger partial charge on any atom is -0.388 e. The van der Waals surface area contributed by atoms with Gasteiger partial charge in [-0.15, -0.1) is 0 Å². The number of amides is 1. The SMILES string of the molecule is O=C(c1cccc2cc[nH]c12)N1CCC(C(O)c2ccccc2)CC1. The molecule has 1 aromatic heterocycles. The Morgan fingerprint density at radius 1 is 1.04 bits per heavy atom. The number of aromatic nitrogens is 1. The third kappa shape index (κ3) is 3.05. The maximum Gasteiger partial charge on any atom is 0.255 e. The van der Waals surface area contributed by atoms with E-state index >= 15 is 0 Å². The zero-order valence-electron chi connectivity index (χ0n) is 14.1. The van der Waals surface area contributed by atoms with E-state index in [0.717, 1.165) is 34.9 Å². The minimum absolute atomic E-state index is 0.0701. The third-order valence-electron chi connectivity index (χ3n) is 5.23. The molecule has 3 aromatic rings. The van der Waals surface area contributed by atoms with Crippen molar-refractivity contribution in [2.75, 3.05) is 13.1 Å². The smallest absolute Gasteiger partial charge is 0.255 e. The van der Waals surface area contributed by atoms with E-state index in [0.29, 0.717) is 13.1 Å². The molecular weight excluding hydrogens is 312 g/mol. The first-order valence-electron chi connectivity index (χ1n) is 8.82. The Morgan fingerprint density at radius 3 is 2.56 bits per heavy atom. The topological polar surface area (TPSA) is 56.3 Å². The Bertz CT molecular complexity index is 864. The molecule has 1 unspecified atom stereocenters. The van der Waals surface area contributed by atoms with Crippen molar-refractivity contribution in [1.82, 2.24) is 9.88 Å². The lowest BCUT2D eigenvalue weighted by Crippen LogP contribution is -2.39. The molecule has 0 aliphatic carbocycles. The second-order valence-corrected chi connectivity index (χ2v) is 6.73. The van der Waals surface area contributed by atoms with Crippen LogP contribution in [0.3, 0.4) is 0 Å². The minimum atomic E-state index is -0.453. The Kier molecular flexibility index (Phi) is 4.28. The van der Waals surface area contributed by atoms with E-state index in [4.69, 9.17) is 0 Å². The molecule has 2 N–H and O–H groups in total. The van der Waals surface area contributed by atoms with Crippen molar-refractivity contribution in [2.45, 2.75) is 18.9 Å². The lowest BCUT2D eigenvalue weighted by atomic mass is 9.87. The zero-order chi connectivity index (χ0) is 17.2. The quantitative estimate of drug-likeness (QED) is 0.766. The van der Waals surface area contributed by atoms with Crippen LogP contribution in [0, 0.1) is 5.92 Å². The van der Waals surface area contributed by atoms with Gasteiger partial charge in [-0.05, 0) is 36.5 Å². The van der Waals surface area contributed by atoms with Crippen molar-refractivity contribution in [3.8, 4) is 0 Å². The van der Waals surface area contributed by atoms with Gasteiger partial charge in [-0.3, -0.25) is 4.79 Å². The molecule has 25 heavy (non-hydrogen) atoms. The number of nitrogens with zero attached hydrogens (tertiary/aromatic N) is 1. The summed E-state index contributed by atoms with van der Waals surface area (Å²) in [5.74, 6) is 0.272. The van der Waals surface area contributed by atoms with Gasteiger partial charge in [0.05, 0.1) is 17.2 Å². The third-order valence-corrected chi connectivity index (χ3v) is 5.23. The van der Waals surface area contributed by atoms with Crippen LogP contribution in [0.25, 0.3) is 10.9 Å². The highest BCUT2D eigenvalue weighted by Crippen LogP contribution is 2.31. The number of likely N-dealkylation sites (tertiary alicyclic amines) is 1. The lowest BCUT2D eigenvalue weighted by Gasteiger charge is -2.34. The van der Waals surface area contributed by atoms with Crippen LogP contribution < -0.4 is 0 Å². The number of aromatic amines is 1. The molecule has 0 spiro atoms. The van der Waals surface area contributed by atoms with Gasteiger partial charge in [-0.2, -0.15) is 0 Å². The van der Waals surface area contributed by atoms with Gasteiger partial charge in [-0.1, -0.05) is 42.5 Å². The van der Waals surface area contributed by atoms with Crippen molar-refractivity contribution >= 4 is 16.8 Å². The maximum absolute atomic E-state index is 12.9. The Labute approximate surface area is 147 Å². The Balaban J connectivity index is 1.45. The summed E-state index contributed by atoms with van der Waals surface area (Å²) >= 11 is 0. The van der Waals surface area contributed by atoms with Crippen molar-refractivity contribution < 1.29 is 9.90 Å². The number of carbonyl (C=O) groups is 1. The highest BCUT2D eigenvalue weighted by molar-refractivity contribution is 6.05. The first-order chi connectivity index (χ1) is 12.2. The number of para-hydroxylation sites is 1. The standard InChI is InChI=1S/C21H22N2O2/c24-20(16-5-2-1-3-6-16)17-10-13-23(14-11-17)21(25)18-8-4-7-15-9-12-22-19(15)18/h1-9,12,17,20,22,24H,10-11,13-14H2. The molecule has 4 heteroatoms. The van der Waals surface area contributed by atoms with Gasteiger partial charge in [0.25, 0.3) is 5.91 Å². The molecular formula is C21H22N2O2. The van der Waals surface area contributed by atoms with Gasteiger partial charge in [0, 0.05) is 24.7 Å². The number of piperidine rings is 1. The van der Waals surface area contributed by atoms with Crippen LogP contribution in [0.4, 0.5) is 0 Å². The van der Waals surface area contributed by atoms with E-state index in [-0.39, 0.29) is 11.8 Å². The first kappa shape index (κ1) is 15.9. The van der Waals surface area contributed by atoms with Crippen LogP contribution in [0.2, 0.25) is 0 Å². The van der Waals surface area contributed by atoms with Gasteiger partial charge in [0.2, 0.25) is 0 Å². The fourth-order valence-corrected chi connectivity index (χ4v) is 3.77. The van der Waals surface area contributed by atoms with E-state index in [2.05, 4.69) is 4.98 Å². The van der Waals surface area contributed by atoms with Crippen molar-refractivity contribution in [1.29, 1.82) is 0 Å². The fourth-order valence-electron chi connectivity index (χ4n) is 3.77. The number of H-pyrrole nitrogens is 1. The molecule has 0 bridgehead atoms. The summed E-state index contributed by atoms with van der Waals surface area (Å²) in [7, 11) is 0. The molecule has 1 amide bonds. The van der Waals surface area contributed by atoms with Crippen molar-refractivity contribution in [3.63, 3.8) is 0 Å². The van der Waals surface area contributed by atoms with Crippen molar-refractivity contribution in [2.24, 2.45) is 5.92 Å². The summed E-state index contributed by atoms with van der Waals surface area (Å²) in [5, 5.41) is 11.6. The van der Waals surface area contributed by atoms with Gasteiger partial charge in [0.15, 0.2) is 0 Å². The van der Waals surface area contributed by atoms with Crippen LogP contribution in [0.15, 0.2) is 60.8 Å². The molecule has 0 saturated carbocycles.